The van der Waals surface area contributed by atoms with Gasteiger partial charge in [0.25, 0.3) is 0 Å². The molecule has 1 N–H and O–H groups in total. The van der Waals surface area contributed by atoms with Crippen LogP contribution in [0.2, 0.25) is 20.1 Å². The Morgan fingerprint density at radius 3 is 2.10 bits per heavy atom. The maximum atomic E-state index is 14.2. The van der Waals surface area contributed by atoms with E-state index in [1.54, 1.807) is 18.2 Å². The second-order valence-electron chi connectivity index (χ2n) is 9.61. The van der Waals surface area contributed by atoms with Crippen LogP contribution in [-0.4, -0.2) is 50.0 Å². The summed E-state index contributed by atoms with van der Waals surface area (Å²) in [6, 6.07) is 17.3. The molecule has 0 aliphatic rings. The minimum atomic E-state index is -3.99. The first-order valence-electron chi connectivity index (χ1n) is 12.8. The molecule has 3 aromatic rings. The van der Waals surface area contributed by atoms with Gasteiger partial charge in [0.15, 0.2) is 0 Å². The lowest BCUT2D eigenvalue weighted by Crippen LogP contribution is -2.54. The van der Waals surface area contributed by atoms with E-state index in [4.69, 9.17) is 46.4 Å². The van der Waals surface area contributed by atoms with Crippen LogP contribution >= 0.6 is 46.4 Å². The van der Waals surface area contributed by atoms with Gasteiger partial charge in [-0.25, -0.2) is 8.42 Å². The molecule has 0 heterocycles. The van der Waals surface area contributed by atoms with Crippen molar-refractivity contribution in [1.29, 1.82) is 0 Å². The van der Waals surface area contributed by atoms with Crippen LogP contribution in [0.4, 0.5) is 5.69 Å². The molecule has 3 rings (SSSR count). The molecular formula is C29H31Cl4N3O4S. The van der Waals surface area contributed by atoms with Crippen LogP contribution in [0.5, 0.6) is 0 Å². The number of hydrogen-bond donors (Lipinski definition) is 1. The lowest BCUT2D eigenvalue weighted by Gasteiger charge is -2.34. The smallest absolute Gasteiger partial charge is 0.244 e. The number of halogens is 4. The number of carbonyl (C=O) groups excluding carboxylic acids is 2. The molecule has 2 amide bonds. The van der Waals surface area contributed by atoms with E-state index in [0.29, 0.717) is 27.1 Å². The van der Waals surface area contributed by atoms with Crippen molar-refractivity contribution in [2.24, 2.45) is 0 Å². The number of carbonyl (C=O) groups is 2. The van der Waals surface area contributed by atoms with Crippen LogP contribution in [0, 0.1) is 0 Å². The van der Waals surface area contributed by atoms with Crippen LogP contribution in [-0.2, 0) is 32.6 Å². The zero-order chi connectivity index (χ0) is 30.3. The van der Waals surface area contributed by atoms with Crippen molar-refractivity contribution in [3.63, 3.8) is 0 Å². The Morgan fingerprint density at radius 2 is 1.54 bits per heavy atom. The van der Waals surface area contributed by atoms with Gasteiger partial charge >= 0.3 is 0 Å². The van der Waals surface area contributed by atoms with Gasteiger partial charge in [0.2, 0.25) is 21.8 Å². The average Bonchev–Trinajstić information content (AvgIpc) is 2.90. The summed E-state index contributed by atoms with van der Waals surface area (Å²) >= 11 is 25.3. The van der Waals surface area contributed by atoms with Crippen molar-refractivity contribution in [2.75, 3.05) is 17.1 Å². The summed E-state index contributed by atoms with van der Waals surface area (Å²) in [5, 5.41) is 3.92. The number of nitrogens with zero attached hydrogens (tertiary/aromatic N) is 2. The molecule has 41 heavy (non-hydrogen) atoms. The van der Waals surface area contributed by atoms with Gasteiger partial charge in [0.05, 0.1) is 17.0 Å². The molecule has 0 unspecified atom stereocenters. The molecule has 0 aliphatic carbocycles. The normalized spacial score (nSPS) is 12.9. The van der Waals surface area contributed by atoms with Gasteiger partial charge in [-0.3, -0.25) is 13.9 Å². The molecule has 0 fully saturated rings. The highest BCUT2D eigenvalue weighted by atomic mass is 35.5. The van der Waals surface area contributed by atoms with Crippen LogP contribution < -0.4 is 9.62 Å². The van der Waals surface area contributed by atoms with Gasteiger partial charge in [0.1, 0.15) is 12.6 Å². The van der Waals surface area contributed by atoms with Crippen LogP contribution in [0.1, 0.15) is 31.4 Å². The van der Waals surface area contributed by atoms with Crippen molar-refractivity contribution in [3.05, 3.63) is 97.9 Å². The molecule has 12 heteroatoms. The Kier molecular flexibility index (Phi) is 11.8. The summed E-state index contributed by atoms with van der Waals surface area (Å²) in [6.45, 7) is 3.02. The van der Waals surface area contributed by atoms with Crippen LogP contribution in [0.25, 0.3) is 0 Å². The van der Waals surface area contributed by atoms with E-state index in [9.17, 15) is 18.0 Å². The summed E-state index contributed by atoms with van der Waals surface area (Å²) in [7, 11) is -3.99. The predicted octanol–water partition coefficient (Wildman–Crippen LogP) is 6.62. The molecular weight excluding hydrogens is 628 g/mol. The van der Waals surface area contributed by atoms with Gasteiger partial charge in [-0.05, 0) is 49.2 Å². The number of sulfonamides is 1. The zero-order valence-corrected chi connectivity index (χ0v) is 26.6. The zero-order valence-electron chi connectivity index (χ0n) is 22.8. The molecule has 0 aliphatic heterocycles. The first-order chi connectivity index (χ1) is 19.3. The van der Waals surface area contributed by atoms with Crippen molar-refractivity contribution in [2.45, 2.75) is 45.3 Å². The number of nitrogens with one attached hydrogen (secondary N) is 1. The average molecular weight is 659 g/mol. The number of amides is 2. The Hall–Kier alpha value is -2.49. The van der Waals surface area contributed by atoms with E-state index in [-0.39, 0.29) is 29.7 Å². The molecule has 220 valence electrons. The topological polar surface area (TPSA) is 86.8 Å². The van der Waals surface area contributed by atoms with Crippen molar-refractivity contribution in [1.82, 2.24) is 10.2 Å². The molecule has 3 aromatic carbocycles. The highest BCUT2D eigenvalue weighted by Gasteiger charge is 2.34. The lowest BCUT2D eigenvalue weighted by molar-refractivity contribution is -0.140. The Labute approximate surface area is 261 Å². The number of rotatable bonds is 12. The number of hydrogen-bond acceptors (Lipinski definition) is 4. The third-order valence-electron chi connectivity index (χ3n) is 6.52. The standard InChI is InChI=1S/C29H31Cl4N3O4S/c1-4-19(2)34-29(38)27(15-20-9-6-5-7-10-20)35(17-22-23(31)11-8-12-24(22)32)28(37)18-36(41(3,39)40)26-14-13-21(30)16-25(26)33/h5-14,16,19,27H,4,15,17-18H2,1-3H3,(H,34,38)/t19-,27-/m1/s1. The first kappa shape index (κ1) is 33.0. The summed E-state index contributed by atoms with van der Waals surface area (Å²) < 4.78 is 26.7. The van der Waals surface area contributed by atoms with E-state index in [2.05, 4.69) is 5.32 Å². The Morgan fingerprint density at radius 1 is 0.902 bits per heavy atom. The summed E-state index contributed by atoms with van der Waals surface area (Å²) in [5.41, 5.74) is 1.31. The fourth-order valence-corrected chi connectivity index (χ4v) is 6.07. The SMILES string of the molecule is CC[C@@H](C)NC(=O)[C@@H](Cc1ccccc1)N(Cc1c(Cl)cccc1Cl)C(=O)CN(c1ccc(Cl)cc1Cl)S(C)(=O)=O. The monoisotopic (exact) mass is 657 g/mol. The third-order valence-corrected chi connectivity index (χ3v) is 8.89. The molecule has 2 atom stereocenters. The molecule has 0 aromatic heterocycles. The largest absolute Gasteiger partial charge is 0.352 e. The van der Waals surface area contributed by atoms with Gasteiger partial charge in [-0.2, -0.15) is 0 Å². The summed E-state index contributed by atoms with van der Waals surface area (Å²) in [5.74, 6) is -1.05. The van der Waals surface area contributed by atoms with E-state index in [0.717, 1.165) is 16.1 Å². The highest BCUT2D eigenvalue weighted by Crippen LogP contribution is 2.31. The molecule has 0 saturated carbocycles. The van der Waals surface area contributed by atoms with Crippen molar-refractivity contribution in [3.8, 4) is 0 Å². The van der Waals surface area contributed by atoms with E-state index >= 15 is 0 Å². The number of anilines is 1. The maximum absolute atomic E-state index is 14.2. The maximum Gasteiger partial charge on any atom is 0.244 e. The summed E-state index contributed by atoms with van der Waals surface area (Å²) in [6.07, 6.45) is 1.81. The predicted molar refractivity (Wildman–Crippen MR) is 167 cm³/mol. The van der Waals surface area contributed by atoms with Crippen LogP contribution in [0.15, 0.2) is 66.7 Å². The Balaban J connectivity index is 2.13. The number of benzene rings is 3. The van der Waals surface area contributed by atoms with Gasteiger partial charge in [0, 0.05) is 39.6 Å². The fourth-order valence-electron chi connectivity index (χ4n) is 4.13. The van der Waals surface area contributed by atoms with E-state index in [1.807, 2.05) is 44.2 Å². The van der Waals surface area contributed by atoms with Crippen LogP contribution in [0.3, 0.4) is 0 Å². The van der Waals surface area contributed by atoms with E-state index in [1.165, 1.54) is 23.1 Å². The molecule has 7 nitrogen and oxygen atoms in total. The van der Waals surface area contributed by atoms with Crippen molar-refractivity contribution < 1.29 is 18.0 Å². The fraction of sp³-hybridized carbons (Fsp3) is 0.310. The lowest BCUT2D eigenvalue weighted by atomic mass is 10.0. The molecule has 0 saturated heterocycles. The molecule has 0 bridgehead atoms. The molecule has 0 radical (unpaired) electrons. The van der Waals surface area contributed by atoms with Gasteiger partial charge in [-0.15, -0.1) is 0 Å². The Bertz CT molecular complexity index is 1470. The van der Waals surface area contributed by atoms with Gasteiger partial charge in [-0.1, -0.05) is 89.7 Å². The second-order valence-corrected chi connectivity index (χ2v) is 13.2. The first-order valence-corrected chi connectivity index (χ1v) is 16.2. The highest BCUT2D eigenvalue weighted by molar-refractivity contribution is 7.92. The quantitative estimate of drug-likeness (QED) is 0.237. The summed E-state index contributed by atoms with van der Waals surface area (Å²) in [4.78, 5) is 29.2. The second kappa shape index (κ2) is 14.6. The minimum Gasteiger partial charge on any atom is -0.352 e. The minimum absolute atomic E-state index is 0.0479. The third kappa shape index (κ3) is 9.00. The molecule has 0 spiro atoms. The van der Waals surface area contributed by atoms with E-state index < -0.39 is 34.4 Å². The van der Waals surface area contributed by atoms with Gasteiger partial charge < -0.3 is 10.2 Å². The van der Waals surface area contributed by atoms with Crippen molar-refractivity contribution >= 4 is 73.9 Å².